The van der Waals surface area contributed by atoms with E-state index < -0.39 is 22.9 Å². The summed E-state index contributed by atoms with van der Waals surface area (Å²) in [6.07, 6.45) is 7.78. The van der Waals surface area contributed by atoms with Crippen molar-refractivity contribution in [1.29, 1.82) is 5.26 Å². The molecule has 0 spiro atoms. The summed E-state index contributed by atoms with van der Waals surface area (Å²) in [7, 11) is -6.65. The Morgan fingerprint density at radius 2 is 1.72 bits per heavy atom. The SMILES string of the molecule is C[P+]1(CCC#N)CCCC1.O=S(=O)([O-])C(F)(F)F. The third-order valence-electron chi connectivity index (χ3n) is 2.69. The molecule has 0 radical (unpaired) electrons. The molecule has 18 heavy (non-hydrogen) atoms. The minimum Gasteiger partial charge on any atom is -0.741 e. The number of nitriles is 1. The average Bonchev–Trinajstić information content (AvgIpc) is 2.61. The van der Waals surface area contributed by atoms with Gasteiger partial charge in [-0.15, -0.1) is 0 Å². The Morgan fingerprint density at radius 1 is 1.33 bits per heavy atom. The molecule has 0 bridgehead atoms. The largest absolute Gasteiger partial charge is 0.741 e. The first-order valence-corrected chi connectivity index (χ1v) is 9.44. The normalized spacial score (nSPS) is 18.7. The van der Waals surface area contributed by atoms with Gasteiger partial charge < -0.3 is 4.55 Å². The quantitative estimate of drug-likeness (QED) is 0.445. The Labute approximate surface area is 105 Å². The van der Waals surface area contributed by atoms with E-state index in [1.54, 1.807) is 0 Å². The number of hydrogen-bond donors (Lipinski definition) is 0. The van der Waals surface area contributed by atoms with Gasteiger partial charge in [-0.1, -0.05) is 0 Å². The van der Waals surface area contributed by atoms with Gasteiger partial charge in [-0.2, -0.15) is 18.4 Å². The molecule has 1 heterocycles. The Balaban J connectivity index is 0.000000331. The highest BCUT2D eigenvalue weighted by atomic mass is 32.2. The summed E-state index contributed by atoms with van der Waals surface area (Å²) in [5.74, 6) is 0. The van der Waals surface area contributed by atoms with Crippen LogP contribution in [0.5, 0.6) is 0 Å². The second-order valence-electron chi connectivity index (χ2n) is 4.31. The molecule has 1 aliphatic heterocycles. The third-order valence-corrected chi connectivity index (χ3v) is 7.35. The fourth-order valence-electron chi connectivity index (χ4n) is 1.64. The van der Waals surface area contributed by atoms with Crippen LogP contribution in [0.25, 0.3) is 0 Å². The first kappa shape index (κ1) is 17.6. The summed E-state index contributed by atoms with van der Waals surface area (Å²) < 4.78 is 58.9. The highest BCUT2D eigenvalue weighted by Gasteiger charge is 2.37. The molecule has 0 aromatic heterocycles. The van der Waals surface area contributed by atoms with Crippen molar-refractivity contribution in [3.8, 4) is 6.07 Å². The van der Waals surface area contributed by atoms with Crippen molar-refractivity contribution in [3.05, 3.63) is 0 Å². The lowest BCUT2D eigenvalue weighted by atomic mass is 10.4. The maximum Gasteiger partial charge on any atom is 0.485 e. The van der Waals surface area contributed by atoms with Crippen molar-refractivity contribution in [3.63, 3.8) is 0 Å². The number of rotatable bonds is 2. The molecule has 4 nitrogen and oxygen atoms in total. The van der Waals surface area contributed by atoms with E-state index in [0.717, 1.165) is 6.42 Å². The Hall–Kier alpha value is -0.380. The van der Waals surface area contributed by atoms with Gasteiger partial charge in [-0.05, 0) is 12.8 Å². The highest BCUT2D eigenvalue weighted by Crippen LogP contribution is 2.60. The Morgan fingerprint density at radius 3 is 2.00 bits per heavy atom. The van der Waals surface area contributed by atoms with Crippen LogP contribution in [0.15, 0.2) is 0 Å². The summed E-state index contributed by atoms with van der Waals surface area (Å²) >= 11 is 0. The van der Waals surface area contributed by atoms with E-state index in [1.807, 2.05) is 0 Å². The monoisotopic (exact) mass is 305 g/mol. The van der Waals surface area contributed by atoms with Crippen LogP contribution < -0.4 is 0 Å². The van der Waals surface area contributed by atoms with E-state index in [1.165, 1.54) is 31.3 Å². The minimum absolute atomic E-state index is 0.559. The standard InChI is InChI=1S/C8H15NP.CHF3O3S/c1-10(8-4-5-9)6-2-3-7-10;2-1(3,4)8(5,6)7/h2-4,6-8H2,1H3;(H,5,6,7)/q+1;/p-1. The van der Waals surface area contributed by atoms with Crippen LogP contribution in [0.2, 0.25) is 0 Å². The van der Waals surface area contributed by atoms with E-state index in [9.17, 15) is 13.2 Å². The van der Waals surface area contributed by atoms with Crippen molar-refractivity contribution < 1.29 is 26.1 Å². The zero-order chi connectivity index (χ0) is 14.4. The topological polar surface area (TPSA) is 81.0 Å². The van der Waals surface area contributed by atoms with Crippen molar-refractivity contribution in [2.45, 2.75) is 24.8 Å². The summed E-state index contributed by atoms with van der Waals surface area (Å²) in [6.45, 7) is 2.43. The van der Waals surface area contributed by atoms with Gasteiger partial charge in [0, 0.05) is 13.9 Å². The molecule has 0 unspecified atom stereocenters. The first-order valence-electron chi connectivity index (χ1n) is 5.24. The summed E-state index contributed by atoms with van der Waals surface area (Å²) in [5.41, 5.74) is -5.65. The van der Waals surface area contributed by atoms with Gasteiger partial charge in [0.05, 0.1) is 31.0 Å². The Bertz CT molecular complexity index is 396. The molecular weight excluding hydrogens is 290 g/mol. The summed E-state index contributed by atoms with van der Waals surface area (Å²) in [5, 5.41) is 8.41. The predicted molar refractivity (Wildman–Crippen MR) is 62.7 cm³/mol. The van der Waals surface area contributed by atoms with Gasteiger partial charge in [0.15, 0.2) is 10.1 Å². The van der Waals surface area contributed by atoms with Crippen molar-refractivity contribution in [2.75, 3.05) is 25.2 Å². The Kier molecular flexibility index (Phi) is 6.55. The van der Waals surface area contributed by atoms with E-state index in [0.29, 0.717) is 0 Å². The van der Waals surface area contributed by atoms with Crippen LogP contribution in [0.4, 0.5) is 13.2 Å². The second kappa shape index (κ2) is 6.69. The van der Waals surface area contributed by atoms with Crippen LogP contribution in [0.1, 0.15) is 19.3 Å². The molecule has 0 aliphatic carbocycles. The van der Waals surface area contributed by atoms with Gasteiger partial charge in [-0.25, -0.2) is 8.42 Å². The van der Waals surface area contributed by atoms with Crippen molar-refractivity contribution in [1.82, 2.24) is 0 Å². The molecule has 0 aromatic carbocycles. The van der Waals surface area contributed by atoms with Crippen LogP contribution in [-0.4, -0.2) is 43.6 Å². The number of hydrogen-bond acceptors (Lipinski definition) is 4. The van der Waals surface area contributed by atoms with Gasteiger partial charge in [0.2, 0.25) is 0 Å². The van der Waals surface area contributed by atoms with E-state index in [4.69, 9.17) is 18.2 Å². The summed E-state index contributed by atoms with van der Waals surface area (Å²) in [4.78, 5) is 0. The van der Waals surface area contributed by atoms with Crippen molar-refractivity contribution >= 4 is 17.4 Å². The fourth-order valence-corrected chi connectivity index (χ4v) is 4.93. The molecule has 0 N–H and O–H groups in total. The van der Waals surface area contributed by atoms with Crippen LogP contribution in [0, 0.1) is 11.3 Å². The number of halogens is 3. The number of alkyl halides is 3. The minimum atomic E-state index is -6.09. The third kappa shape index (κ3) is 6.53. The molecule has 9 heteroatoms. The van der Waals surface area contributed by atoms with E-state index in [2.05, 4.69) is 12.7 Å². The van der Waals surface area contributed by atoms with Gasteiger partial charge >= 0.3 is 5.51 Å². The van der Waals surface area contributed by atoms with Gasteiger partial charge in [-0.3, -0.25) is 0 Å². The van der Waals surface area contributed by atoms with Crippen LogP contribution in [-0.2, 0) is 10.1 Å². The average molecular weight is 305 g/mol. The molecule has 106 valence electrons. The molecule has 0 atom stereocenters. The predicted octanol–water partition coefficient (Wildman–Crippen LogP) is 2.39. The zero-order valence-corrected chi connectivity index (χ0v) is 11.6. The van der Waals surface area contributed by atoms with Gasteiger partial charge in [0.1, 0.15) is 0 Å². The molecule has 0 amide bonds. The lowest BCUT2D eigenvalue weighted by Crippen LogP contribution is -2.21. The summed E-state index contributed by atoms with van der Waals surface area (Å²) in [6, 6.07) is 2.25. The molecule has 1 saturated heterocycles. The number of nitrogens with zero attached hydrogens (tertiary/aromatic N) is 1. The van der Waals surface area contributed by atoms with Crippen LogP contribution >= 0.6 is 7.26 Å². The first-order chi connectivity index (χ1) is 8.02. The van der Waals surface area contributed by atoms with Crippen molar-refractivity contribution in [2.24, 2.45) is 0 Å². The smallest absolute Gasteiger partial charge is 0.485 e. The lowest BCUT2D eigenvalue weighted by Gasteiger charge is -2.13. The molecule has 1 aliphatic rings. The highest BCUT2D eigenvalue weighted by molar-refractivity contribution is 7.86. The van der Waals surface area contributed by atoms with E-state index in [-0.39, 0.29) is 0 Å². The van der Waals surface area contributed by atoms with Crippen LogP contribution in [0.3, 0.4) is 0 Å². The second-order valence-corrected chi connectivity index (χ2v) is 10.3. The maximum absolute atomic E-state index is 10.7. The molecule has 0 aromatic rings. The van der Waals surface area contributed by atoms with E-state index >= 15 is 0 Å². The van der Waals surface area contributed by atoms with Gasteiger partial charge in [0.25, 0.3) is 0 Å². The molecular formula is C9H15F3NO3PS. The molecule has 0 saturated carbocycles. The maximum atomic E-state index is 10.7. The molecule has 1 rings (SSSR count). The zero-order valence-electron chi connectivity index (χ0n) is 9.90. The fraction of sp³-hybridized carbons (Fsp3) is 0.889. The molecule has 1 fully saturated rings. The lowest BCUT2D eigenvalue weighted by molar-refractivity contribution is -0.0517.